The Labute approximate surface area is 157 Å². The largest absolute Gasteiger partial charge is 0.466 e. The Balaban J connectivity index is 2.22. The molecule has 0 aromatic heterocycles. The average Bonchev–Trinajstić information content (AvgIpc) is 2.65. The fourth-order valence-corrected chi connectivity index (χ4v) is 2.63. The van der Waals surface area contributed by atoms with Crippen LogP contribution in [0.3, 0.4) is 0 Å². The predicted octanol–water partition coefficient (Wildman–Crippen LogP) is 4.25. The van der Waals surface area contributed by atoms with Gasteiger partial charge in [0.25, 0.3) is 0 Å². The van der Waals surface area contributed by atoms with Crippen LogP contribution in [-0.2, 0) is 23.8 Å². The van der Waals surface area contributed by atoms with Gasteiger partial charge in [-0.2, -0.15) is 0 Å². The Bertz CT molecular complexity index is 500. The highest BCUT2D eigenvalue weighted by Gasteiger charge is 2.13. The minimum Gasteiger partial charge on any atom is -0.466 e. The molecule has 0 N–H and O–H groups in total. The monoisotopic (exact) mass is 364 g/mol. The van der Waals surface area contributed by atoms with Gasteiger partial charge in [-0.05, 0) is 37.2 Å². The molecule has 1 rings (SSSR count). The van der Waals surface area contributed by atoms with Gasteiger partial charge in [-0.15, -0.1) is 0 Å². The van der Waals surface area contributed by atoms with Crippen molar-refractivity contribution in [2.24, 2.45) is 0 Å². The molecular formula is C21H32O5. The van der Waals surface area contributed by atoms with Gasteiger partial charge in [0.2, 0.25) is 0 Å². The first-order valence-corrected chi connectivity index (χ1v) is 9.52. The second-order valence-electron chi connectivity index (χ2n) is 6.33. The van der Waals surface area contributed by atoms with E-state index < -0.39 is 0 Å². The van der Waals surface area contributed by atoms with Crippen molar-refractivity contribution in [2.75, 3.05) is 26.9 Å². The third-order valence-electron chi connectivity index (χ3n) is 4.19. The molecule has 0 bridgehead atoms. The van der Waals surface area contributed by atoms with Gasteiger partial charge in [0.15, 0.2) is 0 Å². The van der Waals surface area contributed by atoms with Crippen LogP contribution in [0.2, 0.25) is 0 Å². The third kappa shape index (κ3) is 10.2. The maximum atomic E-state index is 11.8. The first-order valence-electron chi connectivity index (χ1n) is 9.52. The summed E-state index contributed by atoms with van der Waals surface area (Å²) in [7, 11) is 1.69. The van der Waals surface area contributed by atoms with E-state index in [9.17, 15) is 9.59 Å². The van der Waals surface area contributed by atoms with Gasteiger partial charge in [-0.1, -0.05) is 43.7 Å². The topological polar surface area (TPSA) is 61.8 Å². The lowest BCUT2D eigenvalue weighted by atomic mass is 9.93. The predicted molar refractivity (Wildman–Crippen MR) is 101 cm³/mol. The minimum absolute atomic E-state index is 0.241. The molecule has 0 amide bonds. The number of esters is 2. The van der Waals surface area contributed by atoms with Crippen molar-refractivity contribution in [2.45, 2.75) is 57.8 Å². The van der Waals surface area contributed by atoms with Crippen LogP contribution in [0.1, 0.15) is 63.4 Å². The van der Waals surface area contributed by atoms with Gasteiger partial charge in [0.05, 0.1) is 13.2 Å². The standard InChI is InChI=1S/C21H32O5/c1-3-4-15-25-20(22)11-8-12-21(23)26-17-14-19(13-16-24-2)18-9-6-5-7-10-18/h5-7,9-10,19H,3-4,8,11-17H2,1-2H3. The Hall–Kier alpha value is -1.88. The second-order valence-corrected chi connectivity index (χ2v) is 6.33. The molecule has 5 heteroatoms. The number of unbranched alkanes of at least 4 members (excludes halogenated alkanes) is 1. The van der Waals surface area contributed by atoms with Crippen LogP contribution in [0.25, 0.3) is 0 Å². The zero-order valence-electron chi connectivity index (χ0n) is 16.1. The molecule has 0 aliphatic carbocycles. The SMILES string of the molecule is CCCCOC(=O)CCCC(=O)OCCC(CCOC)c1ccccc1. The van der Waals surface area contributed by atoms with E-state index in [1.54, 1.807) is 7.11 Å². The van der Waals surface area contributed by atoms with Gasteiger partial charge in [0, 0.05) is 26.6 Å². The summed E-state index contributed by atoms with van der Waals surface area (Å²) < 4.78 is 15.6. The van der Waals surface area contributed by atoms with Crippen molar-refractivity contribution in [3.8, 4) is 0 Å². The summed E-state index contributed by atoms with van der Waals surface area (Å²) in [4.78, 5) is 23.3. The van der Waals surface area contributed by atoms with E-state index >= 15 is 0 Å². The van der Waals surface area contributed by atoms with E-state index in [1.165, 1.54) is 5.56 Å². The highest BCUT2D eigenvalue weighted by atomic mass is 16.5. The molecule has 0 aliphatic heterocycles. The Kier molecular flexibility index (Phi) is 12.2. The number of hydrogen-bond donors (Lipinski definition) is 0. The van der Waals surface area contributed by atoms with E-state index in [-0.39, 0.29) is 24.8 Å². The molecular weight excluding hydrogens is 332 g/mol. The molecule has 0 aliphatic rings. The fourth-order valence-electron chi connectivity index (χ4n) is 2.63. The number of carbonyl (C=O) groups is 2. The van der Waals surface area contributed by atoms with Gasteiger partial charge >= 0.3 is 11.9 Å². The number of rotatable bonds is 14. The van der Waals surface area contributed by atoms with E-state index in [2.05, 4.69) is 12.1 Å². The Morgan fingerprint density at radius 3 is 2.12 bits per heavy atom. The Morgan fingerprint density at radius 2 is 1.50 bits per heavy atom. The van der Waals surface area contributed by atoms with Crippen LogP contribution >= 0.6 is 0 Å². The van der Waals surface area contributed by atoms with Crippen LogP contribution in [0.4, 0.5) is 0 Å². The molecule has 1 aromatic rings. The average molecular weight is 364 g/mol. The summed E-state index contributed by atoms with van der Waals surface area (Å²) >= 11 is 0. The van der Waals surface area contributed by atoms with Crippen molar-refractivity contribution < 1.29 is 23.8 Å². The van der Waals surface area contributed by atoms with Crippen LogP contribution in [-0.4, -0.2) is 38.9 Å². The lowest BCUT2D eigenvalue weighted by Gasteiger charge is -2.17. The van der Waals surface area contributed by atoms with E-state index in [4.69, 9.17) is 14.2 Å². The van der Waals surface area contributed by atoms with E-state index in [0.717, 1.165) is 25.7 Å². The van der Waals surface area contributed by atoms with Crippen molar-refractivity contribution in [1.29, 1.82) is 0 Å². The lowest BCUT2D eigenvalue weighted by molar-refractivity contribution is -0.145. The number of hydrogen-bond acceptors (Lipinski definition) is 5. The summed E-state index contributed by atoms with van der Waals surface area (Å²) in [5.41, 5.74) is 1.23. The molecule has 0 radical (unpaired) electrons. The molecule has 0 heterocycles. The summed E-state index contributed by atoms with van der Waals surface area (Å²) in [5.74, 6) is -0.197. The molecule has 0 fully saturated rings. The van der Waals surface area contributed by atoms with Crippen LogP contribution in [0, 0.1) is 0 Å². The first-order chi connectivity index (χ1) is 12.7. The molecule has 26 heavy (non-hydrogen) atoms. The highest BCUT2D eigenvalue weighted by molar-refractivity contribution is 5.72. The quantitative estimate of drug-likeness (QED) is 0.365. The number of ether oxygens (including phenoxy) is 3. The van der Waals surface area contributed by atoms with Crippen LogP contribution in [0.15, 0.2) is 30.3 Å². The van der Waals surface area contributed by atoms with E-state index in [0.29, 0.717) is 32.2 Å². The zero-order valence-corrected chi connectivity index (χ0v) is 16.1. The maximum absolute atomic E-state index is 11.8. The first kappa shape index (κ1) is 22.2. The fraction of sp³-hybridized carbons (Fsp3) is 0.619. The third-order valence-corrected chi connectivity index (χ3v) is 4.19. The molecule has 0 spiro atoms. The summed E-state index contributed by atoms with van der Waals surface area (Å²) in [6.07, 6.45) is 4.50. The molecule has 0 saturated carbocycles. The zero-order chi connectivity index (χ0) is 19.0. The van der Waals surface area contributed by atoms with Gasteiger partial charge in [-0.25, -0.2) is 0 Å². The highest BCUT2D eigenvalue weighted by Crippen LogP contribution is 2.23. The summed E-state index contributed by atoms with van der Waals surface area (Å²) in [6.45, 7) is 3.56. The lowest BCUT2D eigenvalue weighted by Crippen LogP contribution is -2.12. The van der Waals surface area contributed by atoms with Crippen molar-refractivity contribution in [3.63, 3.8) is 0 Å². The summed E-state index contributed by atoms with van der Waals surface area (Å²) in [5, 5.41) is 0. The number of benzene rings is 1. The Morgan fingerprint density at radius 1 is 0.885 bits per heavy atom. The number of methoxy groups -OCH3 is 1. The molecule has 0 saturated heterocycles. The molecule has 1 unspecified atom stereocenters. The normalized spacial score (nSPS) is 11.8. The smallest absolute Gasteiger partial charge is 0.305 e. The van der Waals surface area contributed by atoms with Gasteiger partial charge < -0.3 is 14.2 Å². The minimum atomic E-state index is -0.259. The van der Waals surface area contributed by atoms with Crippen LogP contribution < -0.4 is 0 Å². The van der Waals surface area contributed by atoms with Gasteiger partial charge in [0.1, 0.15) is 0 Å². The number of carbonyl (C=O) groups excluding carboxylic acids is 2. The molecule has 1 atom stereocenters. The maximum Gasteiger partial charge on any atom is 0.305 e. The van der Waals surface area contributed by atoms with Crippen molar-refractivity contribution >= 4 is 11.9 Å². The van der Waals surface area contributed by atoms with Crippen molar-refractivity contribution in [3.05, 3.63) is 35.9 Å². The van der Waals surface area contributed by atoms with E-state index in [1.807, 2.05) is 25.1 Å². The van der Waals surface area contributed by atoms with Crippen LogP contribution in [0.5, 0.6) is 0 Å². The summed E-state index contributed by atoms with van der Waals surface area (Å²) in [6, 6.07) is 10.2. The molecule has 146 valence electrons. The van der Waals surface area contributed by atoms with Gasteiger partial charge in [-0.3, -0.25) is 9.59 Å². The second kappa shape index (κ2) is 14.3. The van der Waals surface area contributed by atoms with Crippen molar-refractivity contribution in [1.82, 2.24) is 0 Å². The molecule has 1 aromatic carbocycles. The molecule has 5 nitrogen and oxygen atoms in total.